The van der Waals surface area contributed by atoms with Gasteiger partial charge in [0.1, 0.15) is 6.61 Å². The van der Waals surface area contributed by atoms with Crippen LogP contribution in [0.4, 0.5) is 5.69 Å². The van der Waals surface area contributed by atoms with Gasteiger partial charge in [0, 0.05) is 25.8 Å². The van der Waals surface area contributed by atoms with E-state index >= 15 is 0 Å². The van der Waals surface area contributed by atoms with Crippen molar-refractivity contribution in [1.29, 1.82) is 0 Å². The highest BCUT2D eigenvalue weighted by Gasteiger charge is 2.14. The average Bonchev–Trinajstić information content (AvgIpc) is 3.28. The molecule has 1 heterocycles. The molecule has 0 spiro atoms. The first-order valence-corrected chi connectivity index (χ1v) is 13.7. The van der Waals surface area contributed by atoms with Gasteiger partial charge in [0.15, 0.2) is 11.5 Å². The molecule has 0 aliphatic heterocycles. The van der Waals surface area contributed by atoms with Crippen molar-refractivity contribution in [2.75, 3.05) is 6.61 Å². The number of nitrogens with zero attached hydrogens (tertiary/aromatic N) is 2. The van der Waals surface area contributed by atoms with Gasteiger partial charge in [-0.2, -0.15) is 5.10 Å². The first kappa shape index (κ1) is 26.3. The van der Waals surface area contributed by atoms with Gasteiger partial charge in [-0.3, -0.25) is 14.9 Å². The van der Waals surface area contributed by atoms with E-state index in [-0.39, 0.29) is 5.69 Å². The highest BCUT2D eigenvalue weighted by atomic mass is 127. The third-order valence-corrected chi connectivity index (χ3v) is 7.58. The number of hydrazone groups is 1. The monoisotopic (exact) mass is 727 g/mol. The van der Waals surface area contributed by atoms with Gasteiger partial charge in [-0.15, -0.1) is 11.3 Å². The standard InChI is InChI=1S/C25H19I2N3O5S/c1-2-34-21-10-16(9-20(27)24(21)35-14-15-3-5-18(26)6-4-15)13-28-29-25(31)23-12-17-11-19(30(32)33)7-8-22(17)36-23/h3-13H,2,14H2,1H3,(H,29,31)/b28-13-. The van der Waals surface area contributed by atoms with Crippen LogP contribution in [-0.4, -0.2) is 23.7 Å². The van der Waals surface area contributed by atoms with Gasteiger partial charge < -0.3 is 9.47 Å². The number of non-ortho nitro benzene ring substituents is 1. The van der Waals surface area contributed by atoms with Gasteiger partial charge in [-0.05, 0) is 99.6 Å². The summed E-state index contributed by atoms with van der Waals surface area (Å²) in [6, 6.07) is 17.9. The number of nitro groups is 1. The smallest absolute Gasteiger partial charge is 0.281 e. The molecule has 0 saturated heterocycles. The second-order valence-electron chi connectivity index (χ2n) is 7.47. The summed E-state index contributed by atoms with van der Waals surface area (Å²) in [6.45, 7) is 2.78. The van der Waals surface area contributed by atoms with Crippen LogP contribution in [0.25, 0.3) is 10.1 Å². The number of hydrogen-bond donors (Lipinski definition) is 1. The minimum Gasteiger partial charge on any atom is -0.490 e. The summed E-state index contributed by atoms with van der Waals surface area (Å²) in [5, 5.41) is 15.7. The Morgan fingerprint density at radius 2 is 1.89 bits per heavy atom. The quantitative estimate of drug-likeness (QED) is 0.0889. The molecular formula is C25H19I2N3O5S. The van der Waals surface area contributed by atoms with Crippen molar-refractivity contribution >= 4 is 84.4 Å². The molecule has 4 aromatic rings. The van der Waals surface area contributed by atoms with Gasteiger partial charge >= 0.3 is 0 Å². The van der Waals surface area contributed by atoms with Gasteiger partial charge in [0.2, 0.25) is 0 Å². The van der Waals surface area contributed by atoms with Gasteiger partial charge in [0.05, 0.1) is 26.2 Å². The summed E-state index contributed by atoms with van der Waals surface area (Å²) in [5.41, 5.74) is 4.28. The lowest BCUT2D eigenvalue weighted by Crippen LogP contribution is -2.16. The van der Waals surface area contributed by atoms with E-state index in [4.69, 9.17) is 9.47 Å². The van der Waals surface area contributed by atoms with E-state index < -0.39 is 10.8 Å². The number of thiophene rings is 1. The third-order valence-electron chi connectivity index (χ3n) is 4.94. The van der Waals surface area contributed by atoms with Crippen LogP contribution in [0.2, 0.25) is 0 Å². The number of halogens is 2. The number of fused-ring (bicyclic) bond motifs is 1. The van der Waals surface area contributed by atoms with Crippen LogP contribution in [-0.2, 0) is 6.61 Å². The van der Waals surface area contributed by atoms with Crippen LogP contribution >= 0.6 is 56.5 Å². The summed E-state index contributed by atoms with van der Waals surface area (Å²) in [7, 11) is 0. The second-order valence-corrected chi connectivity index (χ2v) is 11.0. The van der Waals surface area contributed by atoms with Gasteiger partial charge in [-0.25, -0.2) is 5.43 Å². The lowest BCUT2D eigenvalue weighted by atomic mass is 10.2. The van der Waals surface area contributed by atoms with Crippen LogP contribution in [0.5, 0.6) is 11.5 Å². The number of carbonyl (C=O) groups is 1. The molecule has 0 aliphatic rings. The predicted octanol–water partition coefficient (Wildman–Crippen LogP) is 6.76. The maximum atomic E-state index is 12.6. The Kier molecular flexibility index (Phi) is 8.74. The zero-order chi connectivity index (χ0) is 25.7. The molecule has 1 aromatic heterocycles. The number of nitro benzene ring substituents is 1. The summed E-state index contributed by atoms with van der Waals surface area (Å²) in [5.74, 6) is 0.845. The van der Waals surface area contributed by atoms with Crippen molar-refractivity contribution < 1.29 is 19.2 Å². The summed E-state index contributed by atoms with van der Waals surface area (Å²) < 4.78 is 14.7. The summed E-state index contributed by atoms with van der Waals surface area (Å²) in [4.78, 5) is 23.5. The van der Waals surface area contributed by atoms with Crippen LogP contribution in [0.15, 0.2) is 65.8 Å². The normalized spacial score (nSPS) is 11.1. The molecule has 1 N–H and O–H groups in total. The zero-order valence-corrected chi connectivity index (χ0v) is 24.0. The molecule has 11 heteroatoms. The van der Waals surface area contributed by atoms with Crippen molar-refractivity contribution in [2.45, 2.75) is 13.5 Å². The van der Waals surface area contributed by atoms with Gasteiger partial charge in [-0.1, -0.05) is 12.1 Å². The molecule has 4 rings (SSSR count). The average molecular weight is 727 g/mol. The number of rotatable bonds is 9. The fourth-order valence-electron chi connectivity index (χ4n) is 3.28. The number of ether oxygens (including phenoxy) is 2. The van der Waals surface area contributed by atoms with Crippen molar-refractivity contribution in [3.8, 4) is 11.5 Å². The van der Waals surface area contributed by atoms with Crippen LogP contribution < -0.4 is 14.9 Å². The second kappa shape index (κ2) is 12.0. The molecule has 0 saturated carbocycles. The Labute approximate surface area is 238 Å². The molecule has 0 radical (unpaired) electrons. The summed E-state index contributed by atoms with van der Waals surface area (Å²) >= 11 is 5.69. The van der Waals surface area contributed by atoms with Crippen LogP contribution in [0.3, 0.4) is 0 Å². The summed E-state index contributed by atoms with van der Waals surface area (Å²) in [6.07, 6.45) is 1.53. The minimum atomic E-state index is -0.461. The van der Waals surface area contributed by atoms with Crippen LogP contribution in [0, 0.1) is 17.3 Å². The zero-order valence-electron chi connectivity index (χ0n) is 18.9. The predicted molar refractivity (Wildman–Crippen MR) is 157 cm³/mol. The molecular weight excluding hydrogens is 708 g/mol. The number of nitrogens with one attached hydrogen (secondary N) is 1. The number of hydrogen-bond acceptors (Lipinski definition) is 7. The minimum absolute atomic E-state index is 0.0176. The highest BCUT2D eigenvalue weighted by molar-refractivity contribution is 14.1. The van der Waals surface area contributed by atoms with E-state index in [0.29, 0.717) is 35.0 Å². The first-order valence-electron chi connectivity index (χ1n) is 10.7. The van der Waals surface area contributed by atoms with Crippen LogP contribution in [0.1, 0.15) is 27.7 Å². The van der Waals surface area contributed by atoms with E-state index in [1.54, 1.807) is 12.1 Å². The van der Waals surface area contributed by atoms with E-state index in [1.807, 2.05) is 43.3 Å². The Bertz CT molecular complexity index is 1450. The molecule has 3 aromatic carbocycles. The Balaban J connectivity index is 1.46. The largest absolute Gasteiger partial charge is 0.490 e. The van der Waals surface area contributed by atoms with E-state index in [1.165, 1.54) is 29.7 Å². The fourth-order valence-corrected chi connectivity index (χ4v) is 5.35. The number of carbonyl (C=O) groups excluding carboxylic acids is 1. The van der Waals surface area contributed by atoms with E-state index in [0.717, 1.165) is 23.0 Å². The number of amides is 1. The molecule has 0 unspecified atom stereocenters. The van der Waals surface area contributed by atoms with E-state index in [2.05, 4.69) is 55.7 Å². The lowest BCUT2D eigenvalue weighted by molar-refractivity contribution is -0.384. The molecule has 1 amide bonds. The Morgan fingerprint density at radius 1 is 1.11 bits per heavy atom. The Hall–Kier alpha value is -2.78. The maximum Gasteiger partial charge on any atom is 0.281 e. The molecule has 0 bridgehead atoms. The van der Waals surface area contributed by atoms with Crippen molar-refractivity contribution in [3.05, 3.63) is 93.9 Å². The maximum absolute atomic E-state index is 12.6. The number of benzene rings is 3. The molecule has 36 heavy (non-hydrogen) atoms. The molecule has 8 nitrogen and oxygen atoms in total. The van der Waals surface area contributed by atoms with Gasteiger partial charge in [0.25, 0.3) is 11.6 Å². The van der Waals surface area contributed by atoms with Crippen molar-refractivity contribution in [3.63, 3.8) is 0 Å². The highest BCUT2D eigenvalue weighted by Crippen LogP contribution is 2.34. The molecule has 0 atom stereocenters. The first-order chi connectivity index (χ1) is 17.3. The Morgan fingerprint density at radius 3 is 2.61 bits per heavy atom. The third kappa shape index (κ3) is 6.50. The SMILES string of the molecule is CCOc1cc(/C=N\NC(=O)c2cc3cc([N+](=O)[O-])ccc3s2)cc(I)c1OCc1ccc(I)cc1. The van der Waals surface area contributed by atoms with Crippen molar-refractivity contribution in [1.82, 2.24) is 5.43 Å². The van der Waals surface area contributed by atoms with E-state index in [9.17, 15) is 14.9 Å². The molecule has 0 fully saturated rings. The topological polar surface area (TPSA) is 103 Å². The molecule has 184 valence electrons. The lowest BCUT2D eigenvalue weighted by Gasteiger charge is -2.15. The van der Waals surface area contributed by atoms with Crippen molar-refractivity contribution in [2.24, 2.45) is 5.10 Å². The molecule has 0 aliphatic carbocycles. The fraction of sp³-hybridized carbons (Fsp3) is 0.120.